The Morgan fingerprint density at radius 3 is 1.90 bits per heavy atom. The molecule has 0 radical (unpaired) electrons. The number of benzene rings is 2. The van der Waals surface area contributed by atoms with Crippen LogP contribution in [-0.4, -0.2) is 0 Å². The second-order valence-electron chi connectivity index (χ2n) is 6.95. The monoisotopic (exact) mass is 279 g/mol. The van der Waals surface area contributed by atoms with E-state index in [0.717, 1.165) is 12.8 Å². The molecule has 1 heteroatoms. The van der Waals surface area contributed by atoms with Gasteiger partial charge >= 0.3 is 0 Å². The van der Waals surface area contributed by atoms with Crippen molar-refractivity contribution in [1.82, 2.24) is 0 Å². The molecule has 1 saturated carbocycles. The van der Waals surface area contributed by atoms with Crippen LogP contribution in [0.3, 0.4) is 0 Å². The van der Waals surface area contributed by atoms with Crippen LogP contribution in [0.4, 0.5) is 0 Å². The van der Waals surface area contributed by atoms with E-state index in [1.165, 1.54) is 23.1 Å². The van der Waals surface area contributed by atoms with Gasteiger partial charge in [0.25, 0.3) is 0 Å². The predicted molar refractivity (Wildman–Crippen MR) is 89.9 cm³/mol. The lowest BCUT2D eigenvalue weighted by Crippen LogP contribution is -2.43. The van der Waals surface area contributed by atoms with Crippen LogP contribution in [0.25, 0.3) is 11.1 Å². The van der Waals surface area contributed by atoms with Crippen LogP contribution < -0.4 is 5.73 Å². The van der Waals surface area contributed by atoms with E-state index in [1.54, 1.807) is 0 Å². The Balaban J connectivity index is 1.87. The van der Waals surface area contributed by atoms with Crippen LogP contribution >= 0.6 is 0 Å². The third-order valence-corrected chi connectivity index (χ3v) is 4.80. The summed E-state index contributed by atoms with van der Waals surface area (Å²) in [5.41, 5.74) is 10.4. The molecule has 2 atom stereocenters. The van der Waals surface area contributed by atoms with Gasteiger partial charge in [0.15, 0.2) is 0 Å². The fourth-order valence-electron chi connectivity index (χ4n) is 4.04. The van der Waals surface area contributed by atoms with E-state index in [-0.39, 0.29) is 5.54 Å². The van der Waals surface area contributed by atoms with E-state index in [0.29, 0.717) is 11.8 Å². The Hall–Kier alpha value is -1.60. The first-order chi connectivity index (χ1) is 10.1. The lowest BCUT2D eigenvalue weighted by molar-refractivity contribution is 0.183. The molecule has 0 amide bonds. The molecule has 0 aliphatic heterocycles. The average molecular weight is 279 g/mol. The van der Waals surface area contributed by atoms with Gasteiger partial charge in [0, 0.05) is 5.54 Å². The van der Waals surface area contributed by atoms with Gasteiger partial charge in [0.2, 0.25) is 0 Å². The lowest BCUT2D eigenvalue weighted by Gasteiger charge is -2.40. The Morgan fingerprint density at radius 2 is 1.33 bits per heavy atom. The zero-order valence-electron chi connectivity index (χ0n) is 13.0. The SMILES string of the molecule is CC1CC(C)CC(N)(c2ccc(-c3ccccc3)cc2)C1. The largest absolute Gasteiger partial charge is 0.321 e. The van der Waals surface area contributed by atoms with E-state index in [1.807, 2.05) is 0 Å². The Kier molecular flexibility index (Phi) is 3.86. The van der Waals surface area contributed by atoms with Gasteiger partial charge in [-0.15, -0.1) is 0 Å². The van der Waals surface area contributed by atoms with Gasteiger partial charge < -0.3 is 5.73 Å². The molecular weight excluding hydrogens is 254 g/mol. The summed E-state index contributed by atoms with van der Waals surface area (Å²) < 4.78 is 0. The summed E-state index contributed by atoms with van der Waals surface area (Å²) in [6.07, 6.45) is 3.51. The molecular formula is C20H25N. The third-order valence-electron chi connectivity index (χ3n) is 4.80. The van der Waals surface area contributed by atoms with Crippen molar-refractivity contribution in [1.29, 1.82) is 0 Å². The van der Waals surface area contributed by atoms with Crippen molar-refractivity contribution in [3.8, 4) is 11.1 Å². The van der Waals surface area contributed by atoms with E-state index in [9.17, 15) is 0 Å². The van der Waals surface area contributed by atoms with Crippen molar-refractivity contribution < 1.29 is 0 Å². The molecule has 1 aliphatic carbocycles. The van der Waals surface area contributed by atoms with Crippen molar-refractivity contribution in [3.63, 3.8) is 0 Å². The number of hydrogen-bond donors (Lipinski definition) is 1. The fourth-order valence-corrected chi connectivity index (χ4v) is 4.04. The smallest absolute Gasteiger partial charge is 0.0414 e. The first-order valence-corrected chi connectivity index (χ1v) is 8.02. The summed E-state index contributed by atoms with van der Waals surface area (Å²) in [5.74, 6) is 1.43. The molecule has 0 aromatic heterocycles. The van der Waals surface area contributed by atoms with Crippen LogP contribution in [0.5, 0.6) is 0 Å². The van der Waals surface area contributed by atoms with Crippen LogP contribution in [0, 0.1) is 11.8 Å². The maximum absolute atomic E-state index is 6.75. The maximum atomic E-state index is 6.75. The predicted octanol–water partition coefficient (Wildman–Crippen LogP) is 4.96. The number of hydrogen-bond acceptors (Lipinski definition) is 1. The molecule has 2 N–H and O–H groups in total. The van der Waals surface area contributed by atoms with Crippen molar-refractivity contribution in [2.75, 3.05) is 0 Å². The average Bonchev–Trinajstić information content (AvgIpc) is 2.47. The second kappa shape index (κ2) is 5.65. The van der Waals surface area contributed by atoms with Crippen LogP contribution in [-0.2, 0) is 5.54 Å². The summed E-state index contributed by atoms with van der Waals surface area (Å²) in [4.78, 5) is 0. The Morgan fingerprint density at radius 1 is 0.810 bits per heavy atom. The Labute approximate surface area is 128 Å². The molecule has 1 aliphatic rings. The first-order valence-electron chi connectivity index (χ1n) is 8.02. The molecule has 2 aromatic rings. The van der Waals surface area contributed by atoms with Gasteiger partial charge in [0.05, 0.1) is 0 Å². The molecule has 0 spiro atoms. The lowest BCUT2D eigenvalue weighted by atomic mass is 9.69. The normalized spacial score (nSPS) is 29.3. The number of nitrogens with two attached hydrogens (primary N) is 1. The number of rotatable bonds is 2. The molecule has 3 rings (SSSR count). The molecule has 0 saturated heterocycles. The molecule has 2 aromatic carbocycles. The van der Waals surface area contributed by atoms with Crippen molar-refractivity contribution in [2.24, 2.45) is 17.6 Å². The minimum atomic E-state index is -0.147. The molecule has 0 heterocycles. The van der Waals surface area contributed by atoms with E-state index >= 15 is 0 Å². The highest BCUT2D eigenvalue weighted by Gasteiger charge is 2.35. The third kappa shape index (κ3) is 3.03. The highest BCUT2D eigenvalue weighted by molar-refractivity contribution is 5.63. The van der Waals surface area contributed by atoms with E-state index in [4.69, 9.17) is 5.73 Å². The summed E-state index contributed by atoms with van der Waals surface area (Å²) >= 11 is 0. The zero-order chi connectivity index (χ0) is 14.9. The minimum Gasteiger partial charge on any atom is -0.321 e. The van der Waals surface area contributed by atoms with E-state index in [2.05, 4.69) is 68.4 Å². The highest BCUT2D eigenvalue weighted by Crippen LogP contribution is 2.41. The summed E-state index contributed by atoms with van der Waals surface area (Å²) in [6, 6.07) is 19.4. The van der Waals surface area contributed by atoms with Crippen molar-refractivity contribution in [2.45, 2.75) is 38.6 Å². The standard InChI is InChI=1S/C20H25N/c1-15-12-16(2)14-20(21,13-15)19-10-8-18(9-11-19)17-6-4-3-5-7-17/h3-11,15-16H,12-14,21H2,1-2H3. The van der Waals surface area contributed by atoms with Crippen LogP contribution in [0.15, 0.2) is 54.6 Å². The molecule has 2 unspecified atom stereocenters. The van der Waals surface area contributed by atoms with Gasteiger partial charge in [0.1, 0.15) is 0 Å². The van der Waals surface area contributed by atoms with Crippen molar-refractivity contribution in [3.05, 3.63) is 60.2 Å². The molecule has 0 bridgehead atoms. The quantitative estimate of drug-likeness (QED) is 0.825. The molecule has 110 valence electrons. The van der Waals surface area contributed by atoms with Gasteiger partial charge in [-0.2, -0.15) is 0 Å². The summed E-state index contributed by atoms with van der Waals surface area (Å²) in [7, 11) is 0. The fraction of sp³-hybridized carbons (Fsp3) is 0.400. The Bertz CT molecular complexity index is 575. The maximum Gasteiger partial charge on any atom is 0.0414 e. The minimum absolute atomic E-state index is 0.147. The van der Waals surface area contributed by atoms with Gasteiger partial charge in [-0.05, 0) is 47.8 Å². The van der Waals surface area contributed by atoms with Crippen molar-refractivity contribution >= 4 is 0 Å². The molecule has 1 fully saturated rings. The zero-order valence-corrected chi connectivity index (χ0v) is 13.0. The van der Waals surface area contributed by atoms with Gasteiger partial charge in [-0.3, -0.25) is 0 Å². The first kappa shape index (κ1) is 14.3. The topological polar surface area (TPSA) is 26.0 Å². The van der Waals surface area contributed by atoms with Crippen LogP contribution in [0.2, 0.25) is 0 Å². The van der Waals surface area contributed by atoms with Crippen LogP contribution in [0.1, 0.15) is 38.7 Å². The van der Waals surface area contributed by atoms with Gasteiger partial charge in [-0.25, -0.2) is 0 Å². The highest BCUT2D eigenvalue weighted by atomic mass is 14.8. The van der Waals surface area contributed by atoms with Gasteiger partial charge in [-0.1, -0.05) is 68.4 Å². The second-order valence-corrected chi connectivity index (χ2v) is 6.95. The molecule has 21 heavy (non-hydrogen) atoms. The van der Waals surface area contributed by atoms with E-state index < -0.39 is 0 Å². The summed E-state index contributed by atoms with van der Waals surface area (Å²) in [5, 5.41) is 0. The molecule has 1 nitrogen and oxygen atoms in total. The summed E-state index contributed by atoms with van der Waals surface area (Å²) in [6.45, 7) is 4.66.